The Labute approximate surface area is 77.9 Å². The summed E-state index contributed by atoms with van der Waals surface area (Å²) < 4.78 is 0. The fourth-order valence-electron chi connectivity index (χ4n) is 1.90. The molecule has 0 saturated heterocycles. The van der Waals surface area contributed by atoms with Crippen molar-refractivity contribution in [3.05, 3.63) is 34.9 Å². The minimum Gasteiger partial charge on any atom is -0.411 e. The Morgan fingerprint density at radius 1 is 1.15 bits per heavy atom. The van der Waals surface area contributed by atoms with Crippen LogP contribution in [0.15, 0.2) is 23.4 Å². The van der Waals surface area contributed by atoms with E-state index in [1.165, 1.54) is 43.0 Å². The van der Waals surface area contributed by atoms with E-state index in [0.717, 1.165) is 5.56 Å². The zero-order chi connectivity index (χ0) is 9.10. The summed E-state index contributed by atoms with van der Waals surface area (Å²) in [5, 5.41) is 11.4. The van der Waals surface area contributed by atoms with Crippen LogP contribution in [0.4, 0.5) is 0 Å². The first-order valence-electron chi connectivity index (χ1n) is 4.69. The second-order valence-corrected chi connectivity index (χ2v) is 3.48. The molecule has 2 rings (SSSR count). The van der Waals surface area contributed by atoms with Crippen LogP contribution in [0.1, 0.15) is 29.5 Å². The number of hydrogen-bond donors (Lipinski definition) is 1. The van der Waals surface area contributed by atoms with Crippen LogP contribution in [0.3, 0.4) is 0 Å². The van der Waals surface area contributed by atoms with Gasteiger partial charge in [-0.3, -0.25) is 0 Å². The fraction of sp³-hybridized carbons (Fsp3) is 0.364. The highest BCUT2D eigenvalue weighted by molar-refractivity contribution is 5.79. The summed E-state index contributed by atoms with van der Waals surface area (Å²) in [6.07, 6.45) is 6.44. The van der Waals surface area contributed by atoms with E-state index in [1.54, 1.807) is 0 Å². The van der Waals surface area contributed by atoms with E-state index in [1.807, 2.05) is 6.07 Å². The minimum absolute atomic E-state index is 0.989. The van der Waals surface area contributed by atoms with Crippen molar-refractivity contribution in [2.45, 2.75) is 25.7 Å². The summed E-state index contributed by atoms with van der Waals surface area (Å²) in [4.78, 5) is 0. The third kappa shape index (κ3) is 1.72. The normalized spacial score (nSPS) is 16.0. The minimum atomic E-state index is 0.989. The summed E-state index contributed by atoms with van der Waals surface area (Å²) >= 11 is 0. The smallest absolute Gasteiger partial charge is 0.0733 e. The molecule has 13 heavy (non-hydrogen) atoms. The SMILES string of the molecule is ON=Cc1ccc2c(c1)CCCC2. The molecule has 1 aromatic carbocycles. The van der Waals surface area contributed by atoms with Gasteiger partial charge in [0.05, 0.1) is 6.21 Å². The Hall–Kier alpha value is -1.31. The van der Waals surface area contributed by atoms with Crippen molar-refractivity contribution in [3.8, 4) is 0 Å². The molecule has 0 aromatic heterocycles. The maximum absolute atomic E-state index is 8.39. The van der Waals surface area contributed by atoms with Gasteiger partial charge in [0.2, 0.25) is 0 Å². The summed E-state index contributed by atoms with van der Waals surface area (Å²) in [5.74, 6) is 0. The van der Waals surface area contributed by atoms with Crippen LogP contribution >= 0.6 is 0 Å². The topological polar surface area (TPSA) is 32.6 Å². The average molecular weight is 175 g/mol. The largest absolute Gasteiger partial charge is 0.411 e. The summed E-state index contributed by atoms with van der Waals surface area (Å²) in [6, 6.07) is 6.27. The van der Waals surface area contributed by atoms with Crippen molar-refractivity contribution in [2.24, 2.45) is 5.16 Å². The molecular formula is C11H13NO. The number of rotatable bonds is 1. The van der Waals surface area contributed by atoms with Crippen molar-refractivity contribution < 1.29 is 5.21 Å². The molecule has 68 valence electrons. The second kappa shape index (κ2) is 3.60. The van der Waals surface area contributed by atoms with Crippen LogP contribution in [0.25, 0.3) is 0 Å². The highest BCUT2D eigenvalue weighted by Gasteiger charge is 2.08. The molecule has 0 radical (unpaired) electrons. The van der Waals surface area contributed by atoms with E-state index in [2.05, 4.69) is 17.3 Å². The molecule has 1 N–H and O–H groups in total. The predicted molar refractivity (Wildman–Crippen MR) is 52.5 cm³/mol. The van der Waals surface area contributed by atoms with E-state index in [0.29, 0.717) is 0 Å². The van der Waals surface area contributed by atoms with E-state index < -0.39 is 0 Å². The van der Waals surface area contributed by atoms with Crippen LogP contribution in [-0.2, 0) is 12.8 Å². The Morgan fingerprint density at radius 3 is 2.69 bits per heavy atom. The number of oxime groups is 1. The maximum Gasteiger partial charge on any atom is 0.0733 e. The Kier molecular flexibility index (Phi) is 2.30. The van der Waals surface area contributed by atoms with Gasteiger partial charge in [0.1, 0.15) is 0 Å². The molecule has 0 spiro atoms. The molecule has 0 bridgehead atoms. The Balaban J connectivity index is 2.35. The molecule has 0 unspecified atom stereocenters. The van der Waals surface area contributed by atoms with Crippen LogP contribution in [-0.4, -0.2) is 11.4 Å². The van der Waals surface area contributed by atoms with Gasteiger partial charge in [0.15, 0.2) is 0 Å². The van der Waals surface area contributed by atoms with Gasteiger partial charge in [0, 0.05) is 0 Å². The molecule has 2 nitrogen and oxygen atoms in total. The monoisotopic (exact) mass is 175 g/mol. The quantitative estimate of drug-likeness (QED) is 0.396. The number of fused-ring (bicyclic) bond motifs is 1. The molecule has 1 aliphatic carbocycles. The third-order valence-electron chi connectivity index (χ3n) is 2.58. The third-order valence-corrected chi connectivity index (χ3v) is 2.58. The molecule has 1 aromatic rings. The van der Waals surface area contributed by atoms with Crippen molar-refractivity contribution in [2.75, 3.05) is 0 Å². The average Bonchev–Trinajstić information content (AvgIpc) is 2.18. The molecule has 0 amide bonds. The standard InChI is InChI=1S/C11H13NO/c13-12-8-9-5-6-10-3-1-2-4-11(10)7-9/h5-8,13H,1-4H2. The van der Waals surface area contributed by atoms with E-state index in [4.69, 9.17) is 5.21 Å². The Bertz CT molecular complexity index is 331. The maximum atomic E-state index is 8.39. The predicted octanol–water partition coefficient (Wildman–Crippen LogP) is 2.37. The van der Waals surface area contributed by atoms with Crippen molar-refractivity contribution in [1.82, 2.24) is 0 Å². The zero-order valence-electron chi connectivity index (χ0n) is 7.53. The highest BCUT2D eigenvalue weighted by atomic mass is 16.4. The van der Waals surface area contributed by atoms with Gasteiger partial charge in [0.25, 0.3) is 0 Å². The number of benzene rings is 1. The first-order valence-corrected chi connectivity index (χ1v) is 4.69. The Morgan fingerprint density at radius 2 is 1.92 bits per heavy atom. The molecular weight excluding hydrogens is 162 g/mol. The molecule has 0 atom stereocenters. The van der Waals surface area contributed by atoms with Gasteiger partial charge in [-0.25, -0.2) is 0 Å². The van der Waals surface area contributed by atoms with E-state index in [-0.39, 0.29) is 0 Å². The van der Waals surface area contributed by atoms with Crippen molar-refractivity contribution in [1.29, 1.82) is 0 Å². The van der Waals surface area contributed by atoms with Crippen molar-refractivity contribution in [3.63, 3.8) is 0 Å². The van der Waals surface area contributed by atoms with E-state index >= 15 is 0 Å². The van der Waals surface area contributed by atoms with Gasteiger partial charge >= 0.3 is 0 Å². The first kappa shape index (κ1) is 8.30. The molecule has 1 aliphatic rings. The molecule has 0 fully saturated rings. The summed E-state index contributed by atoms with van der Waals surface area (Å²) in [7, 11) is 0. The van der Waals surface area contributed by atoms with Gasteiger partial charge in [-0.1, -0.05) is 17.3 Å². The fourth-order valence-corrected chi connectivity index (χ4v) is 1.90. The lowest BCUT2D eigenvalue weighted by Crippen LogP contribution is -2.02. The second-order valence-electron chi connectivity index (χ2n) is 3.48. The zero-order valence-corrected chi connectivity index (χ0v) is 7.53. The van der Waals surface area contributed by atoms with Crippen LogP contribution < -0.4 is 0 Å². The first-order chi connectivity index (χ1) is 6.40. The van der Waals surface area contributed by atoms with Gasteiger partial charge < -0.3 is 5.21 Å². The summed E-state index contributed by atoms with van der Waals surface area (Å²) in [6.45, 7) is 0. The lowest BCUT2D eigenvalue weighted by atomic mass is 9.90. The molecule has 0 heterocycles. The number of nitrogens with zero attached hydrogens (tertiary/aromatic N) is 1. The van der Waals surface area contributed by atoms with Crippen LogP contribution in [0, 0.1) is 0 Å². The van der Waals surface area contributed by atoms with Crippen LogP contribution in [0.5, 0.6) is 0 Å². The highest BCUT2D eigenvalue weighted by Crippen LogP contribution is 2.21. The number of hydrogen-bond acceptors (Lipinski definition) is 2. The van der Waals surface area contributed by atoms with Crippen LogP contribution in [0.2, 0.25) is 0 Å². The summed E-state index contributed by atoms with van der Waals surface area (Å²) in [5.41, 5.74) is 3.87. The van der Waals surface area contributed by atoms with Gasteiger partial charge in [-0.05, 0) is 48.4 Å². The van der Waals surface area contributed by atoms with E-state index in [9.17, 15) is 0 Å². The molecule has 2 heteroatoms. The molecule has 0 aliphatic heterocycles. The molecule has 0 saturated carbocycles. The number of aryl methyl sites for hydroxylation is 2. The lowest BCUT2D eigenvalue weighted by Gasteiger charge is -2.15. The van der Waals surface area contributed by atoms with Gasteiger partial charge in [-0.2, -0.15) is 0 Å². The van der Waals surface area contributed by atoms with Gasteiger partial charge in [-0.15, -0.1) is 0 Å². The lowest BCUT2D eigenvalue weighted by molar-refractivity contribution is 0.322. The van der Waals surface area contributed by atoms with Crippen molar-refractivity contribution >= 4 is 6.21 Å².